The summed E-state index contributed by atoms with van der Waals surface area (Å²) in [5.41, 5.74) is -0.193. The molecule has 0 aliphatic rings. The number of aliphatic hydroxyl groups is 1. The van der Waals surface area contributed by atoms with E-state index in [1.165, 1.54) is 0 Å². The number of pyridine rings is 1. The molecule has 0 saturated heterocycles. The molecule has 0 aromatic carbocycles. The molecular formula is C14H24N2O2. The van der Waals surface area contributed by atoms with Gasteiger partial charge in [-0.2, -0.15) is 0 Å². The van der Waals surface area contributed by atoms with E-state index >= 15 is 0 Å². The lowest BCUT2D eigenvalue weighted by molar-refractivity contribution is 0.0541. The van der Waals surface area contributed by atoms with Crippen LogP contribution in [0.2, 0.25) is 0 Å². The van der Waals surface area contributed by atoms with Crippen molar-refractivity contribution < 1.29 is 9.84 Å². The smallest absolute Gasteiger partial charge is 0.138 e. The molecule has 0 radical (unpaired) electrons. The molecule has 102 valence electrons. The van der Waals surface area contributed by atoms with Crippen LogP contribution in [0.4, 0.5) is 0 Å². The van der Waals surface area contributed by atoms with E-state index in [2.05, 4.69) is 10.3 Å². The predicted molar refractivity (Wildman–Crippen MR) is 72.7 cm³/mol. The molecule has 1 aromatic heterocycles. The molecule has 1 heterocycles. The summed E-state index contributed by atoms with van der Waals surface area (Å²) < 4.78 is 5.58. The Morgan fingerprint density at radius 3 is 2.56 bits per heavy atom. The highest BCUT2D eigenvalue weighted by atomic mass is 16.5. The second-order valence-corrected chi connectivity index (χ2v) is 5.39. The first-order valence-electron chi connectivity index (χ1n) is 6.39. The Hall–Kier alpha value is -1.13. The van der Waals surface area contributed by atoms with Crippen LogP contribution in [0.3, 0.4) is 0 Å². The highest BCUT2D eigenvalue weighted by Crippen LogP contribution is 2.23. The summed E-state index contributed by atoms with van der Waals surface area (Å²) >= 11 is 0. The van der Waals surface area contributed by atoms with Gasteiger partial charge in [0.2, 0.25) is 0 Å². The first kappa shape index (κ1) is 14.9. The Morgan fingerprint density at radius 2 is 2.00 bits per heavy atom. The molecular weight excluding hydrogens is 228 g/mol. The minimum Gasteiger partial charge on any atom is -0.489 e. The van der Waals surface area contributed by atoms with E-state index < -0.39 is 5.60 Å². The summed E-state index contributed by atoms with van der Waals surface area (Å²) in [6.45, 7) is 10.3. The third-order valence-corrected chi connectivity index (χ3v) is 2.56. The van der Waals surface area contributed by atoms with E-state index in [-0.39, 0.29) is 6.10 Å². The second kappa shape index (κ2) is 6.16. The van der Waals surface area contributed by atoms with Gasteiger partial charge in [0, 0.05) is 24.3 Å². The first-order chi connectivity index (χ1) is 8.31. The average molecular weight is 252 g/mol. The van der Waals surface area contributed by atoms with Crippen LogP contribution in [0, 0.1) is 0 Å². The quantitative estimate of drug-likeness (QED) is 0.814. The molecule has 4 heteroatoms. The van der Waals surface area contributed by atoms with Crippen LogP contribution >= 0.6 is 0 Å². The third-order valence-electron chi connectivity index (χ3n) is 2.56. The second-order valence-electron chi connectivity index (χ2n) is 5.39. The standard InChI is InChI=1S/C14H24N2O2/c1-10(2)16-9-14(5,17)12-6-13(8-15-7-12)18-11(3)4/h6-8,10-11,16-17H,9H2,1-5H3. The fourth-order valence-corrected chi connectivity index (χ4v) is 1.55. The van der Waals surface area contributed by atoms with Crippen LogP contribution < -0.4 is 10.1 Å². The third kappa shape index (κ3) is 4.63. The van der Waals surface area contributed by atoms with Crippen LogP contribution in [0.15, 0.2) is 18.5 Å². The lowest BCUT2D eigenvalue weighted by Crippen LogP contribution is -2.38. The summed E-state index contributed by atoms with van der Waals surface area (Å²) in [5, 5.41) is 13.7. The summed E-state index contributed by atoms with van der Waals surface area (Å²) in [5.74, 6) is 0.687. The lowest BCUT2D eigenvalue weighted by Gasteiger charge is -2.25. The number of hydrogen-bond acceptors (Lipinski definition) is 4. The molecule has 0 aliphatic carbocycles. The summed E-state index contributed by atoms with van der Waals surface area (Å²) in [6, 6.07) is 2.18. The highest BCUT2D eigenvalue weighted by molar-refractivity contribution is 5.28. The predicted octanol–water partition coefficient (Wildman–Crippen LogP) is 2.07. The van der Waals surface area contributed by atoms with Gasteiger partial charge in [-0.1, -0.05) is 13.8 Å². The maximum absolute atomic E-state index is 10.4. The number of rotatable bonds is 6. The fourth-order valence-electron chi connectivity index (χ4n) is 1.55. The van der Waals surface area contributed by atoms with Crippen molar-refractivity contribution in [2.24, 2.45) is 0 Å². The maximum atomic E-state index is 10.4. The van der Waals surface area contributed by atoms with Gasteiger partial charge in [-0.25, -0.2) is 0 Å². The Kier molecular flexibility index (Phi) is 5.11. The van der Waals surface area contributed by atoms with Crippen molar-refractivity contribution in [2.45, 2.75) is 52.4 Å². The fraction of sp³-hybridized carbons (Fsp3) is 0.643. The largest absolute Gasteiger partial charge is 0.489 e. The van der Waals surface area contributed by atoms with E-state index in [0.717, 1.165) is 5.56 Å². The SMILES string of the molecule is CC(C)NCC(C)(O)c1cncc(OC(C)C)c1. The van der Waals surface area contributed by atoms with E-state index in [4.69, 9.17) is 4.74 Å². The van der Waals surface area contributed by atoms with Crippen LogP contribution in [0.25, 0.3) is 0 Å². The lowest BCUT2D eigenvalue weighted by atomic mass is 9.97. The molecule has 0 bridgehead atoms. The van der Waals surface area contributed by atoms with Gasteiger partial charge in [-0.15, -0.1) is 0 Å². The highest BCUT2D eigenvalue weighted by Gasteiger charge is 2.24. The minimum atomic E-state index is -0.951. The van der Waals surface area contributed by atoms with Crippen molar-refractivity contribution in [1.29, 1.82) is 0 Å². The van der Waals surface area contributed by atoms with E-state index in [9.17, 15) is 5.11 Å². The minimum absolute atomic E-state index is 0.0980. The Balaban J connectivity index is 2.80. The molecule has 1 atom stereocenters. The molecule has 0 saturated carbocycles. The summed E-state index contributed by atoms with van der Waals surface area (Å²) in [6.07, 6.45) is 3.44. The van der Waals surface area contributed by atoms with Crippen molar-refractivity contribution in [2.75, 3.05) is 6.54 Å². The Bertz CT molecular complexity index is 376. The van der Waals surface area contributed by atoms with E-state index in [1.807, 2.05) is 33.8 Å². The first-order valence-corrected chi connectivity index (χ1v) is 6.39. The summed E-state index contributed by atoms with van der Waals surface area (Å²) in [4.78, 5) is 4.12. The molecule has 18 heavy (non-hydrogen) atoms. The van der Waals surface area contributed by atoms with Gasteiger partial charge < -0.3 is 15.2 Å². The molecule has 1 rings (SSSR count). The molecule has 1 unspecified atom stereocenters. The van der Waals surface area contributed by atoms with Gasteiger partial charge in [-0.3, -0.25) is 4.98 Å². The molecule has 1 aromatic rings. The zero-order valence-corrected chi connectivity index (χ0v) is 11.9. The monoisotopic (exact) mass is 252 g/mol. The van der Waals surface area contributed by atoms with Gasteiger partial charge >= 0.3 is 0 Å². The number of ether oxygens (including phenoxy) is 1. The zero-order chi connectivity index (χ0) is 13.8. The number of nitrogens with one attached hydrogen (secondary N) is 1. The van der Waals surface area contributed by atoms with Crippen molar-refractivity contribution >= 4 is 0 Å². The number of hydrogen-bond donors (Lipinski definition) is 2. The van der Waals surface area contributed by atoms with Gasteiger partial charge in [0.1, 0.15) is 11.4 Å². The van der Waals surface area contributed by atoms with Gasteiger partial charge in [0.15, 0.2) is 0 Å². The number of nitrogens with zero attached hydrogens (tertiary/aromatic N) is 1. The van der Waals surface area contributed by atoms with Crippen molar-refractivity contribution in [3.63, 3.8) is 0 Å². The van der Waals surface area contributed by atoms with E-state index in [1.54, 1.807) is 19.3 Å². The molecule has 0 spiro atoms. The Morgan fingerprint density at radius 1 is 1.33 bits per heavy atom. The molecule has 0 amide bonds. The van der Waals surface area contributed by atoms with Crippen molar-refractivity contribution in [3.8, 4) is 5.75 Å². The van der Waals surface area contributed by atoms with Gasteiger partial charge in [-0.05, 0) is 26.8 Å². The molecule has 4 nitrogen and oxygen atoms in total. The molecule has 0 fully saturated rings. The van der Waals surface area contributed by atoms with Crippen LogP contribution in [0.1, 0.15) is 40.2 Å². The maximum Gasteiger partial charge on any atom is 0.138 e. The normalized spacial score (nSPS) is 14.9. The summed E-state index contributed by atoms with van der Waals surface area (Å²) in [7, 11) is 0. The zero-order valence-electron chi connectivity index (χ0n) is 11.9. The van der Waals surface area contributed by atoms with Crippen LogP contribution in [-0.4, -0.2) is 28.8 Å². The van der Waals surface area contributed by atoms with Gasteiger partial charge in [0.05, 0.1) is 12.3 Å². The van der Waals surface area contributed by atoms with Crippen LogP contribution in [0.5, 0.6) is 5.75 Å². The van der Waals surface area contributed by atoms with Crippen molar-refractivity contribution in [3.05, 3.63) is 24.0 Å². The van der Waals surface area contributed by atoms with Crippen molar-refractivity contribution in [1.82, 2.24) is 10.3 Å². The molecule has 2 N–H and O–H groups in total. The average Bonchev–Trinajstić information content (AvgIpc) is 2.26. The molecule has 0 aliphatic heterocycles. The van der Waals surface area contributed by atoms with E-state index in [0.29, 0.717) is 18.3 Å². The topological polar surface area (TPSA) is 54.4 Å². The Labute approximate surface area is 109 Å². The van der Waals surface area contributed by atoms with Gasteiger partial charge in [0.25, 0.3) is 0 Å². The van der Waals surface area contributed by atoms with Crippen LogP contribution in [-0.2, 0) is 5.60 Å². The number of aromatic nitrogens is 1.